The number of carbonyl (C=O) groups excluding carboxylic acids is 1. The van der Waals surface area contributed by atoms with E-state index >= 15 is 0 Å². The molecule has 4 rings (SSSR count). The summed E-state index contributed by atoms with van der Waals surface area (Å²) in [5.41, 5.74) is -2.55. The minimum atomic E-state index is -4.88. The summed E-state index contributed by atoms with van der Waals surface area (Å²) >= 11 is 18.3. The van der Waals surface area contributed by atoms with E-state index in [-0.39, 0.29) is 34.3 Å². The van der Waals surface area contributed by atoms with E-state index in [1.165, 1.54) is 0 Å². The molecule has 0 fully saturated rings. The van der Waals surface area contributed by atoms with Crippen molar-refractivity contribution in [1.82, 2.24) is 5.32 Å². The fourth-order valence-electron chi connectivity index (χ4n) is 3.87. The topological polar surface area (TPSA) is 70.6 Å². The lowest BCUT2D eigenvalue weighted by Gasteiger charge is -2.27. The molecule has 3 N–H and O–H groups in total. The Bertz CT molecular complexity index is 1180. The molecule has 180 valence electrons. The Hall–Kier alpha value is -2.39. The normalized spacial score (nSPS) is 21.5. The van der Waals surface area contributed by atoms with Gasteiger partial charge in [0.1, 0.15) is 11.9 Å². The molecule has 2 amide bonds. The Morgan fingerprint density at radius 3 is 2.59 bits per heavy atom. The van der Waals surface area contributed by atoms with Crippen LogP contribution < -0.4 is 10.6 Å². The molecule has 0 spiro atoms. The molecule has 2 unspecified atom stereocenters. The predicted molar refractivity (Wildman–Crippen MR) is 125 cm³/mol. The van der Waals surface area contributed by atoms with Crippen LogP contribution in [0.4, 0.5) is 23.7 Å². The number of hydrogen-bond donors (Lipinski definition) is 3. The first-order chi connectivity index (χ1) is 16.0. The molecule has 1 aliphatic heterocycles. The number of halogens is 6. The molecular formula is C23H18Cl3F3N2O3. The van der Waals surface area contributed by atoms with Crippen LogP contribution >= 0.6 is 34.8 Å². The van der Waals surface area contributed by atoms with Crippen LogP contribution in [0.25, 0.3) is 5.76 Å². The highest BCUT2D eigenvalue weighted by Crippen LogP contribution is 2.52. The Morgan fingerprint density at radius 2 is 1.91 bits per heavy atom. The molecule has 0 radical (unpaired) electrons. The van der Waals surface area contributed by atoms with Crippen molar-refractivity contribution in [2.75, 3.05) is 11.9 Å². The molecule has 0 bridgehead atoms. The van der Waals surface area contributed by atoms with Gasteiger partial charge in [-0.1, -0.05) is 40.9 Å². The Kier molecular flexibility index (Phi) is 6.79. The summed E-state index contributed by atoms with van der Waals surface area (Å²) in [5.74, 6) is 0.605. The summed E-state index contributed by atoms with van der Waals surface area (Å²) in [6.45, 7) is 0.0985. The highest BCUT2D eigenvalue weighted by molar-refractivity contribution is 6.40. The number of hydrogen-bond acceptors (Lipinski definition) is 3. The lowest BCUT2D eigenvalue weighted by Crippen LogP contribution is -2.40. The zero-order valence-electron chi connectivity index (χ0n) is 17.3. The monoisotopic (exact) mass is 532 g/mol. The van der Waals surface area contributed by atoms with E-state index in [0.29, 0.717) is 10.8 Å². The third-order valence-corrected chi connectivity index (χ3v) is 6.62. The van der Waals surface area contributed by atoms with Gasteiger partial charge in [-0.25, -0.2) is 4.79 Å². The maximum Gasteiger partial charge on any atom is 0.421 e. The molecule has 34 heavy (non-hydrogen) atoms. The van der Waals surface area contributed by atoms with Crippen LogP contribution in [0.5, 0.6) is 0 Å². The third kappa shape index (κ3) is 4.73. The number of amides is 2. The number of alkyl halides is 3. The predicted octanol–water partition coefficient (Wildman–Crippen LogP) is 6.46. The van der Waals surface area contributed by atoms with E-state index < -0.39 is 35.9 Å². The Morgan fingerprint density at radius 1 is 1.21 bits per heavy atom. The Balaban J connectivity index is 1.41. The zero-order valence-corrected chi connectivity index (χ0v) is 19.6. The standard InChI is InChI=1S/C23H18Cl3F3N2O3/c24-13-6-4-12(5-7-13)18-3-1-2-14(34-18)11-30-21(32)31-20-17(25)10-16-15(19(20)26)8-9-22(16,33)23(27,28)29/h1-7,10,14,33H,8-9,11H2,(H2,30,31,32). The van der Waals surface area contributed by atoms with Gasteiger partial charge < -0.3 is 20.5 Å². The first-order valence-electron chi connectivity index (χ1n) is 10.2. The largest absolute Gasteiger partial charge is 0.484 e. The molecule has 2 aromatic carbocycles. The van der Waals surface area contributed by atoms with Crippen molar-refractivity contribution in [2.45, 2.75) is 30.7 Å². The van der Waals surface area contributed by atoms with Crippen molar-refractivity contribution in [1.29, 1.82) is 0 Å². The lowest BCUT2D eigenvalue weighted by atomic mass is 9.95. The molecule has 2 aliphatic rings. The number of fused-ring (bicyclic) bond motifs is 1. The molecule has 1 aliphatic carbocycles. The van der Waals surface area contributed by atoms with Crippen LogP contribution in [0, 0.1) is 0 Å². The number of rotatable bonds is 4. The molecule has 0 saturated heterocycles. The summed E-state index contributed by atoms with van der Waals surface area (Å²) in [6, 6.07) is 7.41. The van der Waals surface area contributed by atoms with Crippen molar-refractivity contribution in [3.63, 3.8) is 0 Å². The molecular weight excluding hydrogens is 516 g/mol. The summed E-state index contributed by atoms with van der Waals surface area (Å²) in [7, 11) is 0. The average Bonchev–Trinajstić information content (AvgIpc) is 3.14. The van der Waals surface area contributed by atoms with Crippen LogP contribution in [0.1, 0.15) is 23.1 Å². The quantitative estimate of drug-likeness (QED) is 0.422. The average molecular weight is 534 g/mol. The van der Waals surface area contributed by atoms with E-state index in [0.717, 1.165) is 11.6 Å². The zero-order chi connectivity index (χ0) is 24.7. The second kappa shape index (κ2) is 9.34. The van der Waals surface area contributed by atoms with Crippen LogP contribution in [0.2, 0.25) is 15.1 Å². The third-order valence-electron chi connectivity index (χ3n) is 5.65. The molecule has 2 aromatic rings. The van der Waals surface area contributed by atoms with Gasteiger partial charge in [-0.15, -0.1) is 0 Å². The van der Waals surface area contributed by atoms with Gasteiger partial charge >= 0.3 is 12.2 Å². The van der Waals surface area contributed by atoms with Crippen LogP contribution in [-0.4, -0.2) is 30.0 Å². The van der Waals surface area contributed by atoms with Crippen molar-refractivity contribution in [3.05, 3.63) is 80.3 Å². The smallest absolute Gasteiger partial charge is 0.421 e. The number of aliphatic hydroxyl groups is 1. The summed E-state index contributed by atoms with van der Waals surface area (Å²) in [6.07, 6.45) is -0.698. The Labute approximate surface area is 208 Å². The summed E-state index contributed by atoms with van der Waals surface area (Å²) in [5, 5.41) is 15.5. The van der Waals surface area contributed by atoms with Gasteiger partial charge in [-0.05, 0) is 66.5 Å². The number of ether oxygens (including phenoxy) is 1. The van der Waals surface area contributed by atoms with Crippen LogP contribution in [-0.2, 0) is 16.8 Å². The summed E-state index contributed by atoms with van der Waals surface area (Å²) < 4.78 is 46.0. The maximum atomic E-state index is 13.4. The number of urea groups is 1. The van der Waals surface area contributed by atoms with Crippen molar-refractivity contribution < 1.29 is 27.8 Å². The maximum absolute atomic E-state index is 13.4. The number of benzene rings is 2. The number of anilines is 1. The van der Waals surface area contributed by atoms with Gasteiger partial charge in [0, 0.05) is 10.6 Å². The molecule has 5 nitrogen and oxygen atoms in total. The van der Waals surface area contributed by atoms with Crippen molar-refractivity contribution >= 4 is 52.3 Å². The van der Waals surface area contributed by atoms with Gasteiger partial charge in [0.05, 0.1) is 22.3 Å². The minimum Gasteiger partial charge on any atom is -0.484 e. The van der Waals surface area contributed by atoms with Crippen molar-refractivity contribution in [3.8, 4) is 0 Å². The first kappa shape index (κ1) is 24.7. The molecule has 0 saturated carbocycles. The highest BCUT2D eigenvalue weighted by atomic mass is 35.5. The van der Waals surface area contributed by atoms with E-state index in [2.05, 4.69) is 10.6 Å². The molecule has 0 aromatic heterocycles. The molecule has 2 atom stereocenters. The van der Waals surface area contributed by atoms with Gasteiger partial charge in [0.15, 0.2) is 5.60 Å². The van der Waals surface area contributed by atoms with Gasteiger partial charge in [0.2, 0.25) is 0 Å². The number of carbonyl (C=O) groups is 1. The van der Waals surface area contributed by atoms with Crippen LogP contribution in [0.3, 0.4) is 0 Å². The second-order valence-electron chi connectivity index (χ2n) is 7.85. The van der Waals surface area contributed by atoms with Crippen LogP contribution in [0.15, 0.2) is 48.6 Å². The lowest BCUT2D eigenvalue weighted by molar-refractivity contribution is -0.265. The fourth-order valence-corrected chi connectivity index (χ4v) is 4.64. The SMILES string of the molecule is O=C(NCC1C=CC=C(c2ccc(Cl)cc2)O1)Nc1c(Cl)cc2c(c1Cl)CCC2(O)C(F)(F)F. The minimum absolute atomic E-state index is 0.0344. The number of nitrogens with one attached hydrogen (secondary N) is 2. The second-order valence-corrected chi connectivity index (χ2v) is 9.07. The van der Waals surface area contributed by atoms with Gasteiger partial charge in [-0.2, -0.15) is 13.2 Å². The molecule has 1 heterocycles. The van der Waals surface area contributed by atoms with E-state index in [9.17, 15) is 23.1 Å². The van der Waals surface area contributed by atoms with E-state index in [1.807, 2.05) is 12.1 Å². The molecule has 11 heteroatoms. The summed E-state index contributed by atoms with van der Waals surface area (Å²) in [4.78, 5) is 12.5. The highest BCUT2D eigenvalue weighted by Gasteiger charge is 2.58. The van der Waals surface area contributed by atoms with Gasteiger partial charge in [0.25, 0.3) is 0 Å². The van der Waals surface area contributed by atoms with E-state index in [1.54, 1.807) is 30.4 Å². The van der Waals surface area contributed by atoms with Crippen molar-refractivity contribution in [2.24, 2.45) is 0 Å². The number of allylic oxidation sites excluding steroid dienone is 2. The fraction of sp³-hybridized carbons (Fsp3) is 0.261. The van der Waals surface area contributed by atoms with Gasteiger partial charge in [-0.3, -0.25) is 0 Å². The first-order valence-corrected chi connectivity index (χ1v) is 11.3. The van der Waals surface area contributed by atoms with E-state index in [4.69, 9.17) is 39.5 Å².